The van der Waals surface area contributed by atoms with Gasteiger partial charge in [-0.15, -0.1) is 11.3 Å². The van der Waals surface area contributed by atoms with Crippen LogP contribution in [0.5, 0.6) is 0 Å². The molecule has 1 N–H and O–H groups in total. The maximum atomic E-state index is 13.4. The Morgan fingerprint density at radius 2 is 1.93 bits per heavy atom. The Kier molecular flexibility index (Phi) is 6.57. The van der Waals surface area contributed by atoms with Gasteiger partial charge in [-0.25, -0.2) is 4.98 Å². The highest BCUT2D eigenvalue weighted by atomic mass is 32.2. The molecule has 0 atom stereocenters. The molecule has 0 saturated heterocycles. The first-order chi connectivity index (χ1) is 13.5. The number of amides is 1. The van der Waals surface area contributed by atoms with E-state index >= 15 is 0 Å². The first kappa shape index (κ1) is 20.6. The highest BCUT2D eigenvalue weighted by Gasteiger charge is 2.18. The summed E-state index contributed by atoms with van der Waals surface area (Å²) in [6.07, 6.45) is 1.83. The number of carbonyl (C=O) groups excluding carboxylic acids is 1. The van der Waals surface area contributed by atoms with Gasteiger partial charge in [-0.05, 0) is 49.9 Å². The molecule has 7 heteroatoms. The molecule has 2 aromatic heterocycles. The molecule has 0 radical (unpaired) electrons. The van der Waals surface area contributed by atoms with Crippen molar-refractivity contribution in [1.29, 1.82) is 0 Å². The second-order valence-corrected chi connectivity index (χ2v) is 8.80. The van der Waals surface area contributed by atoms with Gasteiger partial charge < -0.3 is 5.32 Å². The van der Waals surface area contributed by atoms with E-state index < -0.39 is 0 Å². The van der Waals surface area contributed by atoms with Crippen molar-refractivity contribution in [3.05, 3.63) is 50.6 Å². The summed E-state index contributed by atoms with van der Waals surface area (Å²) < 4.78 is 1.64. The number of nitrogens with zero attached hydrogens (tertiary/aromatic N) is 2. The molecular weight excluding hydrogens is 390 g/mol. The van der Waals surface area contributed by atoms with Crippen molar-refractivity contribution in [2.75, 3.05) is 12.3 Å². The average molecular weight is 416 g/mol. The van der Waals surface area contributed by atoms with Crippen LogP contribution in [0.15, 0.2) is 34.2 Å². The number of hydrogen-bond donors (Lipinski definition) is 1. The summed E-state index contributed by atoms with van der Waals surface area (Å²) in [7, 11) is 0. The second kappa shape index (κ2) is 8.92. The van der Waals surface area contributed by atoms with Crippen LogP contribution in [0.4, 0.5) is 0 Å². The number of benzene rings is 1. The minimum atomic E-state index is -0.0763. The Hall–Kier alpha value is -2.12. The Labute approximate surface area is 173 Å². The van der Waals surface area contributed by atoms with E-state index in [9.17, 15) is 9.59 Å². The molecule has 3 aromatic rings. The van der Waals surface area contributed by atoms with Crippen molar-refractivity contribution in [3.8, 4) is 5.69 Å². The SMILES string of the molecule is CCCNC(=O)CSc1nc2sc(C)c(C)c2c(=O)n1-c1ccc(CC)cc1. The Bertz CT molecular complexity index is 1050. The normalized spacial score (nSPS) is 11.1. The molecule has 28 heavy (non-hydrogen) atoms. The van der Waals surface area contributed by atoms with Gasteiger partial charge in [-0.3, -0.25) is 14.2 Å². The van der Waals surface area contributed by atoms with Gasteiger partial charge in [-0.2, -0.15) is 0 Å². The van der Waals surface area contributed by atoms with Gasteiger partial charge in [0.1, 0.15) is 4.83 Å². The van der Waals surface area contributed by atoms with E-state index in [1.165, 1.54) is 28.7 Å². The maximum Gasteiger partial charge on any atom is 0.267 e. The van der Waals surface area contributed by atoms with Crippen LogP contribution >= 0.6 is 23.1 Å². The van der Waals surface area contributed by atoms with Crippen molar-refractivity contribution >= 4 is 39.2 Å². The number of carbonyl (C=O) groups is 1. The van der Waals surface area contributed by atoms with E-state index in [2.05, 4.69) is 12.2 Å². The van der Waals surface area contributed by atoms with Gasteiger partial charge in [0.15, 0.2) is 5.16 Å². The molecule has 1 amide bonds. The van der Waals surface area contributed by atoms with Crippen molar-refractivity contribution in [3.63, 3.8) is 0 Å². The predicted octanol–water partition coefficient (Wildman–Crippen LogP) is 4.24. The van der Waals surface area contributed by atoms with Crippen molar-refractivity contribution in [2.45, 2.75) is 45.7 Å². The quantitative estimate of drug-likeness (QED) is 0.463. The lowest BCUT2D eigenvalue weighted by atomic mass is 10.1. The number of nitrogens with one attached hydrogen (secondary N) is 1. The smallest absolute Gasteiger partial charge is 0.267 e. The monoisotopic (exact) mass is 415 g/mol. The van der Waals surface area contributed by atoms with Crippen LogP contribution in [-0.4, -0.2) is 27.8 Å². The number of fused-ring (bicyclic) bond motifs is 1. The van der Waals surface area contributed by atoms with Crippen LogP contribution in [0.25, 0.3) is 15.9 Å². The van der Waals surface area contributed by atoms with Crippen LogP contribution in [-0.2, 0) is 11.2 Å². The van der Waals surface area contributed by atoms with Crippen molar-refractivity contribution in [2.24, 2.45) is 0 Å². The maximum absolute atomic E-state index is 13.4. The Morgan fingerprint density at radius 1 is 1.21 bits per heavy atom. The van der Waals surface area contributed by atoms with Gasteiger partial charge >= 0.3 is 0 Å². The van der Waals surface area contributed by atoms with Crippen LogP contribution in [0, 0.1) is 13.8 Å². The summed E-state index contributed by atoms with van der Waals surface area (Å²) in [6, 6.07) is 7.95. The lowest BCUT2D eigenvalue weighted by Crippen LogP contribution is -2.27. The fraction of sp³-hybridized carbons (Fsp3) is 0.381. The third-order valence-electron chi connectivity index (χ3n) is 4.68. The molecule has 0 spiro atoms. The number of hydrogen-bond acceptors (Lipinski definition) is 5. The third kappa shape index (κ3) is 4.15. The molecular formula is C21H25N3O2S2. The van der Waals surface area contributed by atoms with E-state index in [4.69, 9.17) is 4.98 Å². The summed E-state index contributed by atoms with van der Waals surface area (Å²) in [6.45, 7) is 8.74. The van der Waals surface area contributed by atoms with E-state index in [0.29, 0.717) is 17.1 Å². The number of rotatable bonds is 7. The summed E-state index contributed by atoms with van der Waals surface area (Å²) in [5.41, 5.74) is 2.89. The molecule has 0 aliphatic carbocycles. The molecule has 0 fully saturated rings. The number of aryl methyl sites for hydroxylation is 3. The molecule has 0 aliphatic rings. The van der Waals surface area contributed by atoms with Gasteiger partial charge in [0.2, 0.25) is 5.91 Å². The molecule has 2 heterocycles. The van der Waals surface area contributed by atoms with Crippen LogP contribution in [0.2, 0.25) is 0 Å². The van der Waals surface area contributed by atoms with Gasteiger partial charge in [0, 0.05) is 11.4 Å². The zero-order chi connectivity index (χ0) is 20.3. The number of thiophene rings is 1. The summed E-state index contributed by atoms with van der Waals surface area (Å²) in [5.74, 6) is 0.182. The van der Waals surface area contributed by atoms with Crippen molar-refractivity contribution in [1.82, 2.24) is 14.9 Å². The van der Waals surface area contributed by atoms with Gasteiger partial charge in [-0.1, -0.05) is 37.7 Å². The number of aromatic nitrogens is 2. The highest BCUT2D eigenvalue weighted by molar-refractivity contribution is 7.99. The highest BCUT2D eigenvalue weighted by Crippen LogP contribution is 2.29. The Balaban J connectivity index is 2.09. The lowest BCUT2D eigenvalue weighted by molar-refractivity contribution is -0.118. The molecule has 0 aliphatic heterocycles. The molecule has 5 nitrogen and oxygen atoms in total. The predicted molar refractivity (Wildman–Crippen MR) is 118 cm³/mol. The first-order valence-electron chi connectivity index (χ1n) is 9.47. The van der Waals surface area contributed by atoms with E-state index in [1.807, 2.05) is 45.0 Å². The van der Waals surface area contributed by atoms with E-state index in [-0.39, 0.29) is 17.2 Å². The Morgan fingerprint density at radius 3 is 2.57 bits per heavy atom. The topological polar surface area (TPSA) is 64.0 Å². The zero-order valence-corrected chi connectivity index (χ0v) is 18.3. The zero-order valence-electron chi connectivity index (χ0n) is 16.7. The minimum Gasteiger partial charge on any atom is -0.355 e. The molecule has 0 bridgehead atoms. The van der Waals surface area contributed by atoms with Gasteiger partial charge in [0.25, 0.3) is 5.56 Å². The van der Waals surface area contributed by atoms with Gasteiger partial charge in [0.05, 0.1) is 16.8 Å². The second-order valence-electron chi connectivity index (χ2n) is 6.66. The molecule has 148 valence electrons. The minimum absolute atomic E-state index is 0.0485. The van der Waals surface area contributed by atoms with E-state index in [1.54, 1.807) is 4.57 Å². The van der Waals surface area contributed by atoms with Crippen molar-refractivity contribution < 1.29 is 4.79 Å². The van der Waals surface area contributed by atoms with Crippen LogP contribution in [0.1, 0.15) is 36.3 Å². The van der Waals surface area contributed by atoms with Crippen LogP contribution in [0.3, 0.4) is 0 Å². The standard InChI is InChI=1S/C21H25N3O2S2/c1-5-11-22-17(25)12-27-21-23-19-18(13(3)14(4)28-19)20(26)24(21)16-9-7-15(6-2)8-10-16/h7-10H,5-6,11-12H2,1-4H3,(H,22,25). The molecule has 0 saturated carbocycles. The van der Waals surface area contributed by atoms with Crippen LogP contribution < -0.4 is 10.9 Å². The first-order valence-corrected chi connectivity index (χ1v) is 11.3. The van der Waals surface area contributed by atoms with E-state index in [0.717, 1.165) is 33.8 Å². The fourth-order valence-electron chi connectivity index (χ4n) is 2.93. The third-order valence-corrected chi connectivity index (χ3v) is 6.72. The summed E-state index contributed by atoms with van der Waals surface area (Å²) >= 11 is 2.83. The largest absolute Gasteiger partial charge is 0.355 e. The summed E-state index contributed by atoms with van der Waals surface area (Å²) in [5, 5.41) is 4.09. The number of thioether (sulfide) groups is 1. The lowest BCUT2D eigenvalue weighted by Gasteiger charge is -2.13. The fourth-order valence-corrected chi connectivity index (χ4v) is 4.84. The molecule has 3 rings (SSSR count). The average Bonchev–Trinajstić information content (AvgIpc) is 2.98. The molecule has 1 aromatic carbocycles. The summed E-state index contributed by atoms with van der Waals surface area (Å²) in [4.78, 5) is 32.0. The molecule has 0 unspecified atom stereocenters.